The molecule has 1 aliphatic heterocycles. The minimum absolute atomic E-state index is 0.185. The van der Waals surface area contributed by atoms with Crippen molar-refractivity contribution >= 4 is 0 Å². The molecule has 0 aromatic carbocycles. The van der Waals surface area contributed by atoms with Crippen LogP contribution in [-0.4, -0.2) is 41.3 Å². The summed E-state index contributed by atoms with van der Waals surface area (Å²) in [5.41, 5.74) is 1.98. The molecule has 1 aliphatic rings. The normalized spacial score (nSPS) is 21.5. The number of likely N-dealkylation sites (tertiary alicyclic amines) is 1. The number of hydrogen-bond donors (Lipinski definition) is 1. The Balaban J connectivity index is 2.04. The first kappa shape index (κ1) is 12.3. The van der Waals surface area contributed by atoms with Crippen LogP contribution in [0.15, 0.2) is 12.1 Å². The first-order valence-electron chi connectivity index (χ1n) is 6.09. The third-order valence-electron chi connectivity index (χ3n) is 3.08. The zero-order chi connectivity index (χ0) is 12.3. The van der Waals surface area contributed by atoms with E-state index in [1.54, 1.807) is 7.11 Å². The number of piperidine rings is 1. The van der Waals surface area contributed by atoms with Crippen LogP contribution in [0.5, 0.6) is 5.75 Å². The Kier molecular flexibility index (Phi) is 3.97. The van der Waals surface area contributed by atoms with Gasteiger partial charge in [-0.1, -0.05) is 0 Å². The quantitative estimate of drug-likeness (QED) is 0.860. The molecule has 0 radical (unpaired) electrons. The van der Waals surface area contributed by atoms with E-state index in [9.17, 15) is 5.11 Å². The summed E-state index contributed by atoms with van der Waals surface area (Å²) in [4.78, 5) is 6.74. The summed E-state index contributed by atoms with van der Waals surface area (Å²) in [6.07, 6.45) is 1.79. The molecule has 2 rings (SSSR count). The third-order valence-corrected chi connectivity index (χ3v) is 3.08. The van der Waals surface area contributed by atoms with Gasteiger partial charge >= 0.3 is 0 Å². The van der Waals surface area contributed by atoms with Crippen molar-refractivity contribution in [1.29, 1.82) is 0 Å². The van der Waals surface area contributed by atoms with Gasteiger partial charge in [0.05, 0.1) is 18.9 Å². The summed E-state index contributed by atoms with van der Waals surface area (Å²) in [7, 11) is 1.67. The molecule has 17 heavy (non-hydrogen) atoms. The Hall–Kier alpha value is -1.13. The average molecular weight is 236 g/mol. The number of nitrogens with zero attached hydrogens (tertiary/aromatic N) is 2. The predicted octanol–water partition coefficient (Wildman–Crippen LogP) is 1.36. The highest BCUT2D eigenvalue weighted by Gasteiger charge is 2.18. The van der Waals surface area contributed by atoms with Gasteiger partial charge in [0.25, 0.3) is 0 Å². The second kappa shape index (κ2) is 5.47. The van der Waals surface area contributed by atoms with Crippen LogP contribution in [0, 0.1) is 6.92 Å². The van der Waals surface area contributed by atoms with E-state index in [4.69, 9.17) is 4.74 Å². The van der Waals surface area contributed by atoms with Gasteiger partial charge in [-0.3, -0.25) is 9.88 Å². The molecule has 1 N–H and O–H groups in total. The van der Waals surface area contributed by atoms with Gasteiger partial charge in [-0.15, -0.1) is 0 Å². The van der Waals surface area contributed by atoms with Crippen molar-refractivity contribution in [3.8, 4) is 5.75 Å². The molecule has 0 amide bonds. The summed E-state index contributed by atoms with van der Waals surface area (Å²) in [5.74, 6) is 0.852. The van der Waals surface area contributed by atoms with Gasteiger partial charge in [-0.25, -0.2) is 0 Å². The number of methoxy groups -OCH3 is 1. The summed E-state index contributed by atoms with van der Waals surface area (Å²) < 4.78 is 5.24. The summed E-state index contributed by atoms with van der Waals surface area (Å²) in [6.45, 7) is 4.54. The number of β-amino-alcohol motifs (C(OH)–C–C–N with tert-alkyl or cyclic N) is 1. The minimum Gasteiger partial charge on any atom is -0.497 e. The van der Waals surface area contributed by atoms with Crippen molar-refractivity contribution in [2.24, 2.45) is 0 Å². The summed E-state index contributed by atoms with van der Waals surface area (Å²) in [5, 5.41) is 9.63. The van der Waals surface area contributed by atoms with Crippen molar-refractivity contribution < 1.29 is 9.84 Å². The zero-order valence-electron chi connectivity index (χ0n) is 10.5. The molecule has 4 nitrogen and oxygen atoms in total. The number of aliphatic hydroxyl groups excluding tert-OH is 1. The van der Waals surface area contributed by atoms with Crippen LogP contribution in [0.4, 0.5) is 0 Å². The molecule has 0 spiro atoms. The van der Waals surface area contributed by atoms with Gasteiger partial charge in [0.1, 0.15) is 5.75 Å². The number of aromatic nitrogens is 1. The molecule has 1 aromatic heterocycles. The molecule has 0 aliphatic carbocycles. The van der Waals surface area contributed by atoms with Crippen molar-refractivity contribution in [1.82, 2.24) is 9.88 Å². The lowest BCUT2D eigenvalue weighted by Crippen LogP contribution is -2.37. The number of ether oxygens (including phenoxy) is 1. The van der Waals surface area contributed by atoms with Crippen LogP contribution in [-0.2, 0) is 6.54 Å². The zero-order valence-corrected chi connectivity index (χ0v) is 10.5. The number of rotatable bonds is 3. The fourth-order valence-electron chi connectivity index (χ4n) is 2.31. The molecule has 1 fully saturated rings. The van der Waals surface area contributed by atoms with Crippen LogP contribution < -0.4 is 4.74 Å². The molecular weight excluding hydrogens is 216 g/mol. The van der Waals surface area contributed by atoms with Crippen LogP contribution >= 0.6 is 0 Å². The van der Waals surface area contributed by atoms with Gasteiger partial charge in [0.2, 0.25) is 0 Å². The molecule has 1 unspecified atom stereocenters. The van der Waals surface area contributed by atoms with Crippen molar-refractivity contribution in [2.75, 3.05) is 20.2 Å². The Labute approximate surface area is 102 Å². The summed E-state index contributed by atoms with van der Waals surface area (Å²) in [6, 6.07) is 3.89. The van der Waals surface area contributed by atoms with E-state index in [2.05, 4.69) is 9.88 Å². The molecule has 0 saturated carbocycles. The maximum Gasteiger partial charge on any atom is 0.122 e. The lowest BCUT2D eigenvalue weighted by atomic mass is 10.1. The molecule has 0 bridgehead atoms. The number of pyridine rings is 1. The van der Waals surface area contributed by atoms with Gasteiger partial charge in [-0.05, 0) is 26.3 Å². The third kappa shape index (κ3) is 3.41. The Bertz CT molecular complexity index is 382. The maximum absolute atomic E-state index is 9.63. The topological polar surface area (TPSA) is 45.6 Å². The second-order valence-corrected chi connectivity index (χ2v) is 4.67. The molecule has 94 valence electrons. The van der Waals surface area contributed by atoms with Crippen LogP contribution in [0.2, 0.25) is 0 Å². The summed E-state index contributed by atoms with van der Waals surface area (Å²) >= 11 is 0. The van der Waals surface area contributed by atoms with Gasteiger partial charge in [-0.2, -0.15) is 0 Å². The highest BCUT2D eigenvalue weighted by Crippen LogP contribution is 2.17. The van der Waals surface area contributed by atoms with Crippen LogP contribution in [0.25, 0.3) is 0 Å². The minimum atomic E-state index is -0.185. The highest BCUT2D eigenvalue weighted by molar-refractivity contribution is 5.26. The van der Waals surface area contributed by atoms with Crippen molar-refractivity contribution in [2.45, 2.75) is 32.4 Å². The molecule has 4 heteroatoms. The smallest absolute Gasteiger partial charge is 0.122 e. The number of hydrogen-bond acceptors (Lipinski definition) is 4. The Morgan fingerprint density at radius 1 is 1.53 bits per heavy atom. The van der Waals surface area contributed by atoms with Gasteiger partial charge < -0.3 is 9.84 Å². The standard InChI is InChI=1S/C13H20N2O2/c1-10-6-13(17-2)7-11(14-10)8-15-5-3-4-12(16)9-15/h6-7,12,16H,3-5,8-9H2,1-2H3. The van der Waals surface area contributed by atoms with Crippen LogP contribution in [0.1, 0.15) is 24.2 Å². The number of aryl methyl sites for hydroxylation is 1. The predicted molar refractivity (Wildman–Crippen MR) is 66.0 cm³/mol. The lowest BCUT2D eigenvalue weighted by Gasteiger charge is -2.29. The molecule has 1 saturated heterocycles. The van der Waals surface area contributed by atoms with E-state index in [0.29, 0.717) is 0 Å². The Morgan fingerprint density at radius 3 is 3.06 bits per heavy atom. The lowest BCUT2D eigenvalue weighted by molar-refractivity contribution is 0.0661. The fraction of sp³-hybridized carbons (Fsp3) is 0.615. The van der Waals surface area contributed by atoms with E-state index in [1.807, 2.05) is 19.1 Å². The first-order chi connectivity index (χ1) is 8.17. The molecule has 2 heterocycles. The molecule has 1 aromatic rings. The van der Waals surface area contributed by atoms with E-state index in [0.717, 1.165) is 49.6 Å². The van der Waals surface area contributed by atoms with Crippen LogP contribution in [0.3, 0.4) is 0 Å². The van der Waals surface area contributed by atoms with E-state index >= 15 is 0 Å². The SMILES string of the molecule is COc1cc(C)nc(CN2CCCC(O)C2)c1. The van der Waals surface area contributed by atoms with Gasteiger partial charge in [0.15, 0.2) is 0 Å². The monoisotopic (exact) mass is 236 g/mol. The van der Waals surface area contributed by atoms with Crippen molar-refractivity contribution in [3.63, 3.8) is 0 Å². The first-order valence-corrected chi connectivity index (χ1v) is 6.09. The average Bonchev–Trinajstić information content (AvgIpc) is 2.28. The van der Waals surface area contributed by atoms with E-state index in [1.165, 1.54) is 0 Å². The second-order valence-electron chi connectivity index (χ2n) is 4.67. The molecule has 1 atom stereocenters. The Morgan fingerprint density at radius 2 is 2.35 bits per heavy atom. The highest BCUT2D eigenvalue weighted by atomic mass is 16.5. The van der Waals surface area contributed by atoms with Crippen molar-refractivity contribution in [3.05, 3.63) is 23.5 Å². The van der Waals surface area contributed by atoms with E-state index < -0.39 is 0 Å². The van der Waals surface area contributed by atoms with Gasteiger partial charge in [0, 0.05) is 30.9 Å². The maximum atomic E-state index is 9.63. The molecular formula is C13H20N2O2. The van der Waals surface area contributed by atoms with E-state index in [-0.39, 0.29) is 6.10 Å². The largest absolute Gasteiger partial charge is 0.497 e. The fourth-order valence-corrected chi connectivity index (χ4v) is 2.31. The number of aliphatic hydroxyl groups is 1.